The summed E-state index contributed by atoms with van der Waals surface area (Å²) >= 11 is 0. The molecule has 2 N–H and O–H groups in total. The maximum Gasteiger partial charge on any atom is 0.414 e. The summed E-state index contributed by atoms with van der Waals surface area (Å²) in [6.45, 7) is 9.47. The van der Waals surface area contributed by atoms with E-state index in [1.807, 2.05) is 12.1 Å². The highest BCUT2D eigenvalue weighted by atomic mass is 16.6. The van der Waals surface area contributed by atoms with Gasteiger partial charge in [-0.2, -0.15) is 0 Å². The van der Waals surface area contributed by atoms with Crippen LogP contribution in [-0.2, 0) is 20.8 Å². The Morgan fingerprint density at radius 3 is 1.66 bits per heavy atom. The predicted molar refractivity (Wildman–Crippen MR) is 157 cm³/mol. The normalized spacial score (nSPS) is 16.2. The zero-order valence-electron chi connectivity index (χ0n) is 24.7. The number of carboxylic acid groups (broad SMARTS) is 2. The molecule has 2 saturated carbocycles. The third-order valence-electron chi connectivity index (χ3n) is 8.26. The first kappa shape index (κ1) is 34.2. The second-order valence-corrected chi connectivity index (χ2v) is 11.0. The lowest BCUT2D eigenvalue weighted by Crippen LogP contribution is -2.52. The molecule has 0 unspecified atom stereocenters. The van der Waals surface area contributed by atoms with E-state index in [9.17, 15) is 14.9 Å². The molecule has 0 aliphatic heterocycles. The number of rotatable bonds is 13. The van der Waals surface area contributed by atoms with Crippen molar-refractivity contribution in [1.29, 1.82) is 0 Å². The Kier molecular flexibility index (Phi) is 15.3. The topological polar surface area (TPSA) is 145 Å². The Balaban J connectivity index is 0.000000883. The van der Waals surface area contributed by atoms with Crippen LogP contribution in [0.15, 0.2) is 24.3 Å². The van der Waals surface area contributed by atoms with Gasteiger partial charge in [0.15, 0.2) is 0 Å². The fourth-order valence-corrected chi connectivity index (χ4v) is 5.86. The number of nitrogens with zero attached hydrogens (tertiary/aromatic N) is 4. The van der Waals surface area contributed by atoms with Crippen LogP contribution in [-0.4, -0.2) is 99.0 Å². The summed E-state index contributed by atoms with van der Waals surface area (Å²) < 4.78 is 0. The minimum Gasteiger partial charge on any atom is -0.473 e. The number of amides is 1. The van der Waals surface area contributed by atoms with E-state index >= 15 is 0 Å². The minimum absolute atomic E-state index is 0.123. The van der Waals surface area contributed by atoms with Crippen molar-refractivity contribution in [2.45, 2.75) is 96.6 Å². The highest BCUT2D eigenvalue weighted by Crippen LogP contribution is 2.30. The minimum atomic E-state index is -1.82. The van der Waals surface area contributed by atoms with Crippen LogP contribution >= 0.6 is 0 Å². The molecule has 0 saturated heterocycles. The number of likely N-dealkylation sites (N-methyl/N-ethyl adjacent to an activating group) is 1. The smallest absolute Gasteiger partial charge is 0.414 e. The van der Waals surface area contributed by atoms with Gasteiger partial charge in [-0.05, 0) is 50.8 Å². The van der Waals surface area contributed by atoms with Crippen molar-refractivity contribution >= 4 is 23.5 Å². The van der Waals surface area contributed by atoms with Crippen LogP contribution in [0.25, 0.3) is 0 Å². The molecule has 0 spiro atoms. The van der Waals surface area contributed by atoms with Gasteiger partial charge in [0.2, 0.25) is 5.91 Å². The first-order chi connectivity index (χ1) is 19.7. The number of nitro groups is 1. The molecule has 1 amide bonds. The van der Waals surface area contributed by atoms with E-state index in [4.69, 9.17) is 19.8 Å². The first-order valence-electron chi connectivity index (χ1n) is 15.1. The third kappa shape index (κ3) is 12.1. The SMILES string of the molecule is CCN(CC)CCN(CCc1ccc([N+](=O)[O-])cc1)CC(=O)N(C1CCCCC1)C1CCCCC1.O=C(O)C(=O)O. The molecule has 2 aliphatic rings. The molecule has 11 heteroatoms. The van der Waals surface area contributed by atoms with Crippen LogP contribution < -0.4 is 0 Å². The maximum atomic E-state index is 13.9. The van der Waals surface area contributed by atoms with Crippen molar-refractivity contribution in [2.75, 3.05) is 39.3 Å². The van der Waals surface area contributed by atoms with Crippen molar-refractivity contribution in [3.05, 3.63) is 39.9 Å². The van der Waals surface area contributed by atoms with E-state index in [1.165, 1.54) is 38.5 Å². The summed E-state index contributed by atoms with van der Waals surface area (Å²) in [4.78, 5) is 49.7. The molecule has 230 valence electrons. The zero-order valence-corrected chi connectivity index (χ0v) is 24.7. The van der Waals surface area contributed by atoms with Gasteiger partial charge in [-0.15, -0.1) is 0 Å². The number of benzene rings is 1. The van der Waals surface area contributed by atoms with Gasteiger partial charge < -0.3 is 20.0 Å². The second-order valence-electron chi connectivity index (χ2n) is 11.0. The van der Waals surface area contributed by atoms with Crippen LogP contribution in [0.2, 0.25) is 0 Å². The summed E-state index contributed by atoms with van der Waals surface area (Å²) in [6.07, 6.45) is 13.0. The molecular weight excluding hydrogens is 528 g/mol. The molecule has 11 nitrogen and oxygen atoms in total. The average molecular weight is 577 g/mol. The van der Waals surface area contributed by atoms with Gasteiger partial charge in [0, 0.05) is 43.9 Å². The third-order valence-corrected chi connectivity index (χ3v) is 8.26. The number of hydrogen-bond acceptors (Lipinski definition) is 7. The number of hydrogen-bond donors (Lipinski definition) is 2. The Bertz CT molecular complexity index is 926. The first-order valence-corrected chi connectivity index (χ1v) is 15.1. The summed E-state index contributed by atoms with van der Waals surface area (Å²) in [5, 5.41) is 25.8. The molecule has 0 radical (unpaired) electrons. The van der Waals surface area contributed by atoms with E-state index in [2.05, 4.69) is 28.5 Å². The molecule has 0 bridgehead atoms. The van der Waals surface area contributed by atoms with Crippen molar-refractivity contribution in [3.63, 3.8) is 0 Å². The monoisotopic (exact) mass is 576 g/mol. The highest BCUT2D eigenvalue weighted by Gasteiger charge is 2.33. The van der Waals surface area contributed by atoms with Gasteiger partial charge in [-0.3, -0.25) is 19.8 Å². The lowest BCUT2D eigenvalue weighted by Gasteiger charge is -2.42. The fraction of sp³-hybridized carbons (Fsp3) is 0.700. The quantitative estimate of drug-likeness (QED) is 0.198. The van der Waals surface area contributed by atoms with Gasteiger partial charge in [0.1, 0.15) is 0 Å². The summed E-state index contributed by atoms with van der Waals surface area (Å²) in [5.74, 6) is -3.34. The van der Waals surface area contributed by atoms with Gasteiger partial charge in [-0.1, -0.05) is 64.5 Å². The largest absolute Gasteiger partial charge is 0.473 e. The van der Waals surface area contributed by atoms with Crippen LogP contribution in [0, 0.1) is 10.1 Å². The molecule has 1 aromatic carbocycles. The number of carbonyl (C=O) groups is 3. The van der Waals surface area contributed by atoms with E-state index in [-0.39, 0.29) is 10.6 Å². The molecule has 1 aromatic rings. The molecule has 2 fully saturated rings. The second kappa shape index (κ2) is 18.4. The average Bonchev–Trinajstić information content (AvgIpc) is 2.98. The molecular formula is C30H48N4O7. The van der Waals surface area contributed by atoms with Crippen LogP contribution in [0.5, 0.6) is 0 Å². The van der Waals surface area contributed by atoms with E-state index in [0.29, 0.717) is 24.5 Å². The van der Waals surface area contributed by atoms with Gasteiger partial charge in [0.25, 0.3) is 5.69 Å². The summed E-state index contributed by atoms with van der Waals surface area (Å²) in [6, 6.07) is 7.68. The van der Waals surface area contributed by atoms with Gasteiger partial charge in [0.05, 0.1) is 11.5 Å². The summed E-state index contributed by atoms with van der Waals surface area (Å²) in [7, 11) is 0. The fourth-order valence-electron chi connectivity index (χ4n) is 5.86. The van der Waals surface area contributed by atoms with Crippen molar-refractivity contribution in [3.8, 4) is 0 Å². The number of nitro benzene ring substituents is 1. The number of carboxylic acids is 2. The molecule has 0 heterocycles. The molecule has 0 atom stereocenters. The van der Waals surface area contributed by atoms with E-state index in [1.54, 1.807) is 12.1 Å². The molecule has 41 heavy (non-hydrogen) atoms. The van der Waals surface area contributed by atoms with Gasteiger partial charge >= 0.3 is 11.9 Å². The van der Waals surface area contributed by atoms with E-state index in [0.717, 1.165) is 70.4 Å². The Labute approximate surface area is 243 Å². The Morgan fingerprint density at radius 2 is 1.24 bits per heavy atom. The number of carbonyl (C=O) groups excluding carboxylic acids is 1. The molecule has 0 aromatic heterocycles. The zero-order chi connectivity index (χ0) is 30.2. The van der Waals surface area contributed by atoms with Crippen LogP contribution in [0.4, 0.5) is 5.69 Å². The van der Waals surface area contributed by atoms with Crippen LogP contribution in [0.1, 0.15) is 83.6 Å². The molecule has 3 rings (SSSR count). The predicted octanol–water partition coefficient (Wildman–Crippen LogP) is 4.43. The standard InChI is InChI=1S/C28H46N4O3.C2H2O4/c1-3-29(4-2)21-22-30(20-19-24-15-17-27(18-16-24)32(34)35)23-28(33)31(25-11-7-5-8-12-25)26-13-9-6-10-14-26;3-1(4)2(5)6/h15-18,25-26H,3-14,19-23H2,1-2H3;(H,3,4)(H,5,6). The lowest BCUT2D eigenvalue weighted by molar-refractivity contribution is -0.384. The highest BCUT2D eigenvalue weighted by molar-refractivity contribution is 6.27. The lowest BCUT2D eigenvalue weighted by atomic mass is 9.88. The van der Waals surface area contributed by atoms with Crippen molar-refractivity contribution < 1.29 is 29.5 Å². The van der Waals surface area contributed by atoms with Crippen LogP contribution in [0.3, 0.4) is 0 Å². The maximum absolute atomic E-state index is 13.9. The Hall–Kier alpha value is -3.05. The number of aliphatic carboxylic acids is 2. The Morgan fingerprint density at radius 1 is 0.780 bits per heavy atom. The van der Waals surface area contributed by atoms with Crippen molar-refractivity contribution in [2.24, 2.45) is 0 Å². The van der Waals surface area contributed by atoms with Crippen molar-refractivity contribution in [1.82, 2.24) is 14.7 Å². The molecule has 2 aliphatic carbocycles. The number of non-ortho nitro benzene ring substituents is 1. The van der Waals surface area contributed by atoms with Gasteiger partial charge in [-0.25, -0.2) is 9.59 Å². The van der Waals surface area contributed by atoms with E-state index < -0.39 is 11.9 Å². The summed E-state index contributed by atoms with van der Waals surface area (Å²) in [5.41, 5.74) is 1.20.